The predicted molar refractivity (Wildman–Crippen MR) is 65.9 cm³/mol. The molecule has 2 aromatic rings. The summed E-state index contributed by atoms with van der Waals surface area (Å²) in [7, 11) is 2.07. The van der Waals surface area contributed by atoms with Gasteiger partial charge >= 0.3 is 0 Å². The van der Waals surface area contributed by atoms with Gasteiger partial charge in [0.1, 0.15) is 5.82 Å². The van der Waals surface area contributed by atoms with Crippen molar-refractivity contribution < 1.29 is 0 Å². The van der Waals surface area contributed by atoms with Crippen LogP contribution >= 0.6 is 11.3 Å². The quantitative estimate of drug-likeness (QED) is 0.875. The highest BCUT2D eigenvalue weighted by Gasteiger charge is 2.03. The minimum atomic E-state index is 0.462. The molecule has 0 aromatic carbocycles. The Morgan fingerprint density at radius 2 is 2.19 bits per heavy atom. The summed E-state index contributed by atoms with van der Waals surface area (Å²) in [5.41, 5.74) is 7.75. The van der Waals surface area contributed by atoms with Crippen LogP contribution in [0.25, 0.3) is 0 Å². The molecule has 2 heterocycles. The molecule has 0 amide bonds. The van der Waals surface area contributed by atoms with E-state index >= 15 is 0 Å². The van der Waals surface area contributed by atoms with E-state index in [1.54, 1.807) is 23.7 Å². The summed E-state index contributed by atoms with van der Waals surface area (Å²) in [5.74, 6) is 0.462. The maximum Gasteiger partial charge on any atom is 0.141 e. The van der Waals surface area contributed by atoms with Gasteiger partial charge in [-0.15, -0.1) is 0 Å². The van der Waals surface area contributed by atoms with Crippen molar-refractivity contribution in [3.05, 3.63) is 40.5 Å². The van der Waals surface area contributed by atoms with E-state index in [0.29, 0.717) is 5.82 Å². The Kier molecular flexibility index (Phi) is 3.48. The molecule has 16 heavy (non-hydrogen) atoms. The molecule has 5 heteroatoms. The lowest BCUT2D eigenvalue weighted by Gasteiger charge is -2.14. The molecule has 0 aliphatic carbocycles. The largest absolute Gasteiger partial charge is 0.382 e. The Balaban J connectivity index is 1.92. The van der Waals surface area contributed by atoms with E-state index in [0.717, 1.165) is 18.8 Å². The molecular formula is C11H14N4S. The number of thiophene rings is 1. The van der Waals surface area contributed by atoms with Crippen molar-refractivity contribution >= 4 is 17.2 Å². The molecule has 0 aliphatic rings. The van der Waals surface area contributed by atoms with Gasteiger partial charge in [-0.1, -0.05) is 0 Å². The Bertz CT molecular complexity index is 424. The number of nitrogen functional groups attached to an aromatic ring is 1. The summed E-state index contributed by atoms with van der Waals surface area (Å²) in [4.78, 5) is 10.4. The van der Waals surface area contributed by atoms with E-state index in [4.69, 9.17) is 5.73 Å². The van der Waals surface area contributed by atoms with Crippen molar-refractivity contribution in [1.29, 1.82) is 0 Å². The number of anilines is 1. The third-order valence-electron chi connectivity index (χ3n) is 2.19. The van der Waals surface area contributed by atoms with Crippen LogP contribution in [0.2, 0.25) is 0 Å². The Morgan fingerprint density at radius 3 is 2.81 bits per heavy atom. The highest BCUT2D eigenvalue weighted by molar-refractivity contribution is 7.07. The molecule has 2 N–H and O–H groups in total. The van der Waals surface area contributed by atoms with Gasteiger partial charge in [-0.3, -0.25) is 9.88 Å². The lowest BCUT2D eigenvalue weighted by Crippen LogP contribution is -2.17. The summed E-state index contributed by atoms with van der Waals surface area (Å²) >= 11 is 1.72. The van der Waals surface area contributed by atoms with E-state index in [9.17, 15) is 0 Å². The fourth-order valence-corrected chi connectivity index (χ4v) is 2.13. The maximum atomic E-state index is 5.48. The lowest BCUT2D eigenvalue weighted by atomic mass is 10.3. The van der Waals surface area contributed by atoms with Gasteiger partial charge < -0.3 is 5.73 Å². The minimum Gasteiger partial charge on any atom is -0.382 e. The van der Waals surface area contributed by atoms with Crippen LogP contribution in [0.3, 0.4) is 0 Å². The van der Waals surface area contributed by atoms with Crippen molar-refractivity contribution in [2.45, 2.75) is 13.1 Å². The highest BCUT2D eigenvalue weighted by Crippen LogP contribution is 2.10. The van der Waals surface area contributed by atoms with Gasteiger partial charge in [-0.05, 0) is 29.4 Å². The molecule has 0 atom stereocenters. The van der Waals surface area contributed by atoms with Crippen LogP contribution in [0.1, 0.15) is 11.3 Å². The van der Waals surface area contributed by atoms with Gasteiger partial charge in [0.25, 0.3) is 0 Å². The van der Waals surface area contributed by atoms with Gasteiger partial charge in [0.05, 0.1) is 18.1 Å². The average molecular weight is 234 g/mol. The second-order valence-electron chi connectivity index (χ2n) is 3.74. The number of nitrogens with zero attached hydrogens (tertiary/aromatic N) is 3. The molecular weight excluding hydrogens is 220 g/mol. The fourth-order valence-electron chi connectivity index (χ4n) is 1.47. The van der Waals surface area contributed by atoms with Crippen LogP contribution < -0.4 is 5.73 Å². The Hall–Kier alpha value is -1.46. The molecule has 0 fully saturated rings. The van der Waals surface area contributed by atoms with Crippen LogP contribution in [-0.2, 0) is 13.1 Å². The third kappa shape index (κ3) is 3.01. The first kappa shape index (κ1) is 11.0. The molecule has 0 bridgehead atoms. The molecule has 2 aromatic heterocycles. The minimum absolute atomic E-state index is 0.462. The molecule has 0 aliphatic heterocycles. The van der Waals surface area contributed by atoms with Crippen molar-refractivity contribution in [2.75, 3.05) is 12.8 Å². The van der Waals surface area contributed by atoms with Crippen LogP contribution in [0.15, 0.2) is 29.2 Å². The van der Waals surface area contributed by atoms with E-state index < -0.39 is 0 Å². The van der Waals surface area contributed by atoms with E-state index in [-0.39, 0.29) is 0 Å². The van der Waals surface area contributed by atoms with Gasteiger partial charge in [0.15, 0.2) is 0 Å². The first-order chi connectivity index (χ1) is 7.74. The number of hydrogen-bond donors (Lipinski definition) is 1. The second-order valence-corrected chi connectivity index (χ2v) is 4.52. The summed E-state index contributed by atoms with van der Waals surface area (Å²) < 4.78 is 0. The smallest absolute Gasteiger partial charge is 0.141 e. The van der Waals surface area contributed by atoms with Crippen LogP contribution in [0, 0.1) is 0 Å². The Morgan fingerprint density at radius 1 is 1.31 bits per heavy atom. The molecule has 84 valence electrons. The first-order valence-electron chi connectivity index (χ1n) is 5.00. The van der Waals surface area contributed by atoms with Crippen molar-refractivity contribution in [2.24, 2.45) is 0 Å². The fraction of sp³-hybridized carbons (Fsp3) is 0.273. The van der Waals surface area contributed by atoms with Crippen molar-refractivity contribution in [1.82, 2.24) is 14.9 Å². The zero-order chi connectivity index (χ0) is 11.4. The maximum absolute atomic E-state index is 5.48. The highest BCUT2D eigenvalue weighted by atomic mass is 32.1. The summed E-state index contributed by atoms with van der Waals surface area (Å²) in [5, 5.41) is 4.25. The molecule has 0 spiro atoms. The summed E-state index contributed by atoms with van der Waals surface area (Å²) in [6.07, 6.45) is 3.31. The Labute approximate surface area is 98.8 Å². The SMILES string of the molecule is CN(Cc1ccsc1)Cc1cnc(N)cn1. The van der Waals surface area contributed by atoms with E-state index in [1.807, 2.05) is 0 Å². The van der Waals surface area contributed by atoms with Gasteiger partial charge in [-0.25, -0.2) is 4.98 Å². The van der Waals surface area contributed by atoms with Crippen molar-refractivity contribution in [3.63, 3.8) is 0 Å². The molecule has 2 rings (SSSR count). The summed E-state index contributed by atoms with van der Waals surface area (Å²) in [6, 6.07) is 2.13. The normalized spacial score (nSPS) is 10.9. The topological polar surface area (TPSA) is 55.0 Å². The zero-order valence-electron chi connectivity index (χ0n) is 9.13. The summed E-state index contributed by atoms with van der Waals surface area (Å²) in [6.45, 7) is 1.71. The van der Waals surface area contributed by atoms with Gasteiger partial charge in [0, 0.05) is 13.1 Å². The second kappa shape index (κ2) is 5.05. The lowest BCUT2D eigenvalue weighted by molar-refractivity contribution is 0.315. The monoisotopic (exact) mass is 234 g/mol. The van der Waals surface area contributed by atoms with E-state index in [2.05, 4.69) is 38.7 Å². The number of nitrogens with two attached hydrogens (primary N) is 1. The van der Waals surface area contributed by atoms with Gasteiger partial charge in [-0.2, -0.15) is 11.3 Å². The number of aromatic nitrogens is 2. The molecule has 4 nitrogen and oxygen atoms in total. The molecule has 0 radical (unpaired) electrons. The average Bonchev–Trinajstić information content (AvgIpc) is 2.74. The standard InChI is InChI=1S/C11H14N4S/c1-15(6-9-2-3-16-8-9)7-10-4-14-11(12)5-13-10/h2-5,8H,6-7H2,1H3,(H2,12,14). The van der Waals surface area contributed by atoms with Gasteiger partial charge in [0.2, 0.25) is 0 Å². The zero-order valence-corrected chi connectivity index (χ0v) is 9.94. The van der Waals surface area contributed by atoms with E-state index in [1.165, 1.54) is 5.56 Å². The van der Waals surface area contributed by atoms with Crippen LogP contribution in [-0.4, -0.2) is 21.9 Å². The number of hydrogen-bond acceptors (Lipinski definition) is 5. The molecule has 0 unspecified atom stereocenters. The van der Waals surface area contributed by atoms with Crippen molar-refractivity contribution in [3.8, 4) is 0 Å². The van der Waals surface area contributed by atoms with Crippen LogP contribution in [0.4, 0.5) is 5.82 Å². The first-order valence-corrected chi connectivity index (χ1v) is 5.94. The predicted octanol–water partition coefficient (Wildman–Crippen LogP) is 1.75. The van der Waals surface area contributed by atoms with Crippen LogP contribution in [0.5, 0.6) is 0 Å². The number of rotatable bonds is 4. The molecule has 0 saturated carbocycles. The molecule has 0 saturated heterocycles. The third-order valence-corrected chi connectivity index (χ3v) is 2.92.